The molecule has 0 saturated carbocycles. The molecule has 2 aromatic heterocycles. The Morgan fingerprint density at radius 3 is 3.20 bits per heavy atom. The molecule has 78 valence electrons. The maximum atomic E-state index is 5.67. The van der Waals surface area contributed by atoms with Gasteiger partial charge in [0.05, 0.1) is 6.04 Å². The fourth-order valence-corrected chi connectivity index (χ4v) is 2.00. The minimum atomic E-state index is 0.271. The lowest BCUT2D eigenvalue weighted by atomic mass is 10.1. The van der Waals surface area contributed by atoms with Gasteiger partial charge in [-0.15, -0.1) is 0 Å². The van der Waals surface area contributed by atoms with Crippen molar-refractivity contribution in [3.8, 4) is 0 Å². The standard InChI is InChI=1S/C11H13N3O/c1-2-6-12-8(4-1)11-14-10-9(15-11)5-3-7-13-10/h3,5,7-8,12H,1-2,4,6H2. The summed E-state index contributed by atoms with van der Waals surface area (Å²) in [5.74, 6) is 0.781. The van der Waals surface area contributed by atoms with Gasteiger partial charge in [0.25, 0.3) is 0 Å². The summed E-state index contributed by atoms with van der Waals surface area (Å²) in [6.45, 7) is 1.05. The van der Waals surface area contributed by atoms with Crippen molar-refractivity contribution in [1.29, 1.82) is 0 Å². The molecule has 0 radical (unpaired) electrons. The molecule has 3 rings (SSSR count). The highest BCUT2D eigenvalue weighted by atomic mass is 16.3. The van der Waals surface area contributed by atoms with Crippen LogP contribution in [0.3, 0.4) is 0 Å². The molecule has 0 spiro atoms. The van der Waals surface area contributed by atoms with Crippen LogP contribution in [0, 0.1) is 0 Å². The summed E-state index contributed by atoms with van der Waals surface area (Å²) in [7, 11) is 0. The van der Waals surface area contributed by atoms with Gasteiger partial charge in [-0.3, -0.25) is 0 Å². The van der Waals surface area contributed by atoms with Crippen LogP contribution in [-0.4, -0.2) is 16.5 Å². The van der Waals surface area contributed by atoms with Gasteiger partial charge in [0, 0.05) is 6.20 Å². The average molecular weight is 203 g/mol. The molecule has 1 N–H and O–H groups in total. The van der Waals surface area contributed by atoms with Crippen molar-refractivity contribution in [1.82, 2.24) is 15.3 Å². The van der Waals surface area contributed by atoms with Gasteiger partial charge < -0.3 is 9.73 Å². The van der Waals surface area contributed by atoms with E-state index in [1.54, 1.807) is 6.20 Å². The Kier molecular flexibility index (Phi) is 2.14. The quantitative estimate of drug-likeness (QED) is 0.770. The molecule has 3 heterocycles. The van der Waals surface area contributed by atoms with Gasteiger partial charge in [0.1, 0.15) is 0 Å². The zero-order valence-electron chi connectivity index (χ0n) is 8.44. The molecule has 0 bridgehead atoms. The van der Waals surface area contributed by atoms with Crippen LogP contribution in [-0.2, 0) is 0 Å². The summed E-state index contributed by atoms with van der Waals surface area (Å²) in [6, 6.07) is 4.04. The Balaban J connectivity index is 1.96. The van der Waals surface area contributed by atoms with Crippen molar-refractivity contribution in [2.45, 2.75) is 25.3 Å². The average Bonchev–Trinajstić information content (AvgIpc) is 2.74. The van der Waals surface area contributed by atoms with Crippen molar-refractivity contribution < 1.29 is 4.42 Å². The van der Waals surface area contributed by atoms with Crippen LogP contribution < -0.4 is 5.32 Å². The van der Waals surface area contributed by atoms with Crippen molar-refractivity contribution in [2.24, 2.45) is 0 Å². The second kappa shape index (κ2) is 3.62. The maximum absolute atomic E-state index is 5.67. The van der Waals surface area contributed by atoms with Crippen molar-refractivity contribution in [3.05, 3.63) is 24.2 Å². The normalized spacial score (nSPS) is 22.0. The number of oxazole rings is 1. The SMILES string of the molecule is c1cnc2nc(C3CCCCN3)oc2c1. The van der Waals surface area contributed by atoms with Gasteiger partial charge in [0.15, 0.2) is 11.2 Å². The van der Waals surface area contributed by atoms with Crippen LogP contribution in [0.2, 0.25) is 0 Å². The highest BCUT2D eigenvalue weighted by Crippen LogP contribution is 2.24. The summed E-state index contributed by atoms with van der Waals surface area (Å²) >= 11 is 0. The lowest BCUT2D eigenvalue weighted by Gasteiger charge is -2.19. The summed E-state index contributed by atoms with van der Waals surface area (Å²) < 4.78 is 5.67. The molecular weight excluding hydrogens is 190 g/mol. The Morgan fingerprint density at radius 2 is 2.40 bits per heavy atom. The van der Waals surface area contributed by atoms with E-state index in [0.29, 0.717) is 5.65 Å². The van der Waals surface area contributed by atoms with E-state index < -0.39 is 0 Å². The Morgan fingerprint density at radius 1 is 1.40 bits per heavy atom. The van der Waals surface area contributed by atoms with E-state index in [4.69, 9.17) is 4.42 Å². The highest BCUT2D eigenvalue weighted by Gasteiger charge is 2.20. The van der Waals surface area contributed by atoms with E-state index in [1.807, 2.05) is 12.1 Å². The Hall–Kier alpha value is -1.42. The molecule has 0 aliphatic carbocycles. The number of hydrogen-bond donors (Lipinski definition) is 1. The number of fused-ring (bicyclic) bond motifs is 1. The molecule has 1 aliphatic rings. The van der Waals surface area contributed by atoms with Crippen LogP contribution in [0.1, 0.15) is 31.2 Å². The van der Waals surface area contributed by atoms with Crippen LogP contribution in [0.15, 0.2) is 22.7 Å². The number of aromatic nitrogens is 2. The minimum absolute atomic E-state index is 0.271. The van der Waals surface area contributed by atoms with Crippen molar-refractivity contribution >= 4 is 11.2 Å². The third-order valence-electron chi connectivity index (χ3n) is 2.79. The number of hydrogen-bond acceptors (Lipinski definition) is 4. The predicted molar refractivity (Wildman–Crippen MR) is 56.4 cm³/mol. The number of pyridine rings is 1. The molecule has 0 aromatic carbocycles. The number of nitrogens with zero attached hydrogens (tertiary/aromatic N) is 2. The van der Waals surface area contributed by atoms with Crippen LogP contribution in [0.5, 0.6) is 0 Å². The summed E-state index contributed by atoms with van der Waals surface area (Å²) in [5, 5.41) is 3.41. The highest BCUT2D eigenvalue weighted by molar-refractivity contribution is 5.66. The molecule has 4 nitrogen and oxygen atoms in total. The molecule has 1 aliphatic heterocycles. The summed E-state index contributed by atoms with van der Waals surface area (Å²) in [5.41, 5.74) is 1.49. The van der Waals surface area contributed by atoms with Gasteiger partial charge in [-0.25, -0.2) is 4.98 Å². The minimum Gasteiger partial charge on any atom is -0.437 e. The fourth-order valence-electron chi connectivity index (χ4n) is 2.00. The van der Waals surface area contributed by atoms with E-state index in [2.05, 4.69) is 15.3 Å². The monoisotopic (exact) mass is 203 g/mol. The van der Waals surface area contributed by atoms with Gasteiger partial charge in [0.2, 0.25) is 5.89 Å². The number of nitrogens with one attached hydrogen (secondary N) is 1. The molecule has 1 fully saturated rings. The second-order valence-corrected chi connectivity index (χ2v) is 3.88. The summed E-state index contributed by atoms with van der Waals surface area (Å²) in [4.78, 5) is 8.56. The largest absolute Gasteiger partial charge is 0.437 e. The van der Waals surface area contributed by atoms with Crippen LogP contribution >= 0.6 is 0 Å². The molecule has 15 heavy (non-hydrogen) atoms. The molecule has 1 atom stereocenters. The third kappa shape index (κ3) is 1.61. The van der Waals surface area contributed by atoms with Gasteiger partial charge in [-0.1, -0.05) is 6.42 Å². The lowest BCUT2D eigenvalue weighted by molar-refractivity contribution is 0.347. The molecule has 2 aromatic rings. The first kappa shape index (κ1) is 8.85. The topological polar surface area (TPSA) is 51.0 Å². The smallest absolute Gasteiger partial charge is 0.214 e. The van der Waals surface area contributed by atoms with E-state index in [1.165, 1.54) is 12.8 Å². The third-order valence-corrected chi connectivity index (χ3v) is 2.79. The Bertz CT molecular complexity index is 427. The molecule has 0 amide bonds. The maximum Gasteiger partial charge on any atom is 0.214 e. The molecule has 1 saturated heterocycles. The van der Waals surface area contributed by atoms with Crippen molar-refractivity contribution in [3.63, 3.8) is 0 Å². The molecule has 4 heteroatoms. The summed E-state index contributed by atoms with van der Waals surface area (Å²) in [6.07, 6.45) is 5.33. The van der Waals surface area contributed by atoms with Crippen LogP contribution in [0.4, 0.5) is 0 Å². The second-order valence-electron chi connectivity index (χ2n) is 3.88. The van der Waals surface area contributed by atoms with Gasteiger partial charge in [-0.05, 0) is 31.5 Å². The van der Waals surface area contributed by atoms with Gasteiger partial charge in [-0.2, -0.15) is 4.98 Å². The fraction of sp³-hybridized carbons (Fsp3) is 0.455. The Labute approximate surface area is 87.7 Å². The predicted octanol–water partition coefficient (Wildman–Crippen LogP) is 2.04. The van der Waals surface area contributed by atoms with E-state index >= 15 is 0 Å². The first-order valence-electron chi connectivity index (χ1n) is 5.38. The molecular formula is C11H13N3O. The first-order chi connectivity index (χ1) is 7.43. The van der Waals surface area contributed by atoms with Gasteiger partial charge >= 0.3 is 0 Å². The number of rotatable bonds is 1. The lowest BCUT2D eigenvalue weighted by Crippen LogP contribution is -2.26. The van der Waals surface area contributed by atoms with E-state index in [0.717, 1.165) is 24.4 Å². The molecule has 1 unspecified atom stereocenters. The zero-order valence-corrected chi connectivity index (χ0v) is 8.44. The van der Waals surface area contributed by atoms with Crippen molar-refractivity contribution in [2.75, 3.05) is 6.54 Å². The first-order valence-corrected chi connectivity index (χ1v) is 5.38. The van der Waals surface area contributed by atoms with Crippen LogP contribution in [0.25, 0.3) is 11.2 Å². The van der Waals surface area contributed by atoms with E-state index in [-0.39, 0.29) is 6.04 Å². The van der Waals surface area contributed by atoms with E-state index in [9.17, 15) is 0 Å². The zero-order chi connectivity index (χ0) is 10.1. The number of piperidine rings is 1.